The van der Waals surface area contributed by atoms with Gasteiger partial charge in [0.05, 0.1) is 12.4 Å². The third-order valence-electron chi connectivity index (χ3n) is 7.91. The minimum atomic E-state index is -0.200. The molecule has 2 aliphatic rings. The summed E-state index contributed by atoms with van der Waals surface area (Å²) in [5.74, 6) is 0.357. The van der Waals surface area contributed by atoms with E-state index in [4.69, 9.17) is 0 Å². The van der Waals surface area contributed by atoms with Crippen LogP contribution >= 0.6 is 0 Å². The highest BCUT2D eigenvalue weighted by atomic mass is 16.2. The lowest BCUT2D eigenvalue weighted by atomic mass is 10.1. The molecule has 0 bridgehead atoms. The number of nitrogens with one attached hydrogen (secondary N) is 1. The van der Waals surface area contributed by atoms with Crippen molar-refractivity contribution in [1.82, 2.24) is 39.6 Å². The van der Waals surface area contributed by atoms with Crippen molar-refractivity contribution < 1.29 is 4.79 Å². The molecule has 212 valence electrons. The van der Waals surface area contributed by atoms with E-state index in [1.165, 1.54) is 5.56 Å². The third kappa shape index (κ3) is 6.58. The van der Waals surface area contributed by atoms with Crippen LogP contribution < -0.4 is 10.4 Å². The number of anilines is 1. The molecule has 1 saturated heterocycles. The molecule has 11 heteroatoms. The van der Waals surface area contributed by atoms with Crippen molar-refractivity contribution >= 4 is 22.9 Å². The number of benzene rings is 1. The zero-order valence-electron chi connectivity index (χ0n) is 23.9. The molecule has 0 atom stereocenters. The van der Waals surface area contributed by atoms with E-state index in [-0.39, 0.29) is 17.8 Å². The van der Waals surface area contributed by atoms with E-state index < -0.39 is 0 Å². The maximum Gasteiger partial charge on any atom is 0.269 e. The second-order valence-electron chi connectivity index (χ2n) is 11.3. The van der Waals surface area contributed by atoms with Crippen LogP contribution in [0.2, 0.25) is 0 Å². The normalized spacial score (nSPS) is 17.0. The summed E-state index contributed by atoms with van der Waals surface area (Å²) in [6.45, 7) is 6.81. The lowest BCUT2D eigenvalue weighted by Gasteiger charge is -2.32. The maximum atomic E-state index is 13.5. The molecule has 5 rings (SSSR count). The van der Waals surface area contributed by atoms with Crippen LogP contribution in [0.1, 0.15) is 53.8 Å². The number of carbonyl (C=O) groups is 1. The molecule has 1 saturated carbocycles. The van der Waals surface area contributed by atoms with Crippen LogP contribution in [0.4, 0.5) is 5.82 Å². The summed E-state index contributed by atoms with van der Waals surface area (Å²) in [5.41, 5.74) is 6.13. The molecular weight excluding hydrogens is 504 g/mol. The number of rotatable bonds is 10. The van der Waals surface area contributed by atoms with Gasteiger partial charge in [-0.25, -0.2) is 4.98 Å². The second kappa shape index (κ2) is 12.7. The molecule has 40 heavy (non-hydrogen) atoms. The second-order valence-corrected chi connectivity index (χ2v) is 11.3. The zero-order valence-corrected chi connectivity index (χ0v) is 23.9. The summed E-state index contributed by atoms with van der Waals surface area (Å²) >= 11 is 0. The van der Waals surface area contributed by atoms with Crippen LogP contribution in [-0.4, -0.2) is 100 Å². The molecule has 2 fully saturated rings. The Morgan fingerprint density at radius 1 is 1.10 bits per heavy atom. The largest absolute Gasteiger partial charge is 0.315 e. The number of fused-ring (bicyclic) bond motifs is 1. The van der Waals surface area contributed by atoms with Crippen molar-refractivity contribution in [2.45, 2.75) is 51.2 Å². The van der Waals surface area contributed by atoms with Gasteiger partial charge in [0.2, 0.25) is 5.82 Å². The number of aryl methyl sites for hydroxylation is 1. The number of hydrogen-bond donors (Lipinski definition) is 1. The number of aromatic nitrogens is 4. The summed E-state index contributed by atoms with van der Waals surface area (Å²) < 4.78 is 1.97. The summed E-state index contributed by atoms with van der Waals surface area (Å²) in [6.07, 6.45) is 6.70. The molecule has 2 aromatic heterocycles. The zero-order chi connectivity index (χ0) is 28.1. The summed E-state index contributed by atoms with van der Waals surface area (Å²) in [7, 11) is 6.25. The summed E-state index contributed by atoms with van der Waals surface area (Å²) in [5, 5.41) is 11.6. The molecule has 0 unspecified atom stereocenters. The van der Waals surface area contributed by atoms with Crippen molar-refractivity contribution in [1.29, 1.82) is 5.26 Å². The van der Waals surface area contributed by atoms with E-state index in [9.17, 15) is 10.1 Å². The fourth-order valence-corrected chi connectivity index (χ4v) is 5.55. The minimum absolute atomic E-state index is 0.0716. The van der Waals surface area contributed by atoms with E-state index in [1.54, 1.807) is 6.33 Å². The average molecular weight is 545 g/mol. The number of hydrogen-bond acceptors (Lipinski definition) is 9. The van der Waals surface area contributed by atoms with E-state index in [0.717, 1.165) is 77.9 Å². The molecule has 1 amide bonds. The Balaban J connectivity index is 1.37. The van der Waals surface area contributed by atoms with Gasteiger partial charge in [0.1, 0.15) is 6.07 Å². The number of hydrazine groups is 1. The molecule has 1 aliphatic heterocycles. The van der Waals surface area contributed by atoms with Crippen molar-refractivity contribution in [3.63, 3.8) is 0 Å². The number of nitrogens with zero attached hydrogens (tertiary/aromatic N) is 9. The predicted molar refractivity (Wildman–Crippen MR) is 155 cm³/mol. The van der Waals surface area contributed by atoms with Crippen LogP contribution in [0.5, 0.6) is 0 Å². The van der Waals surface area contributed by atoms with Crippen molar-refractivity contribution in [3.8, 4) is 6.07 Å². The molecule has 3 aromatic rings. The Hall–Kier alpha value is -3.59. The first kappa shape index (κ1) is 28.0. The van der Waals surface area contributed by atoms with Gasteiger partial charge in [-0.3, -0.25) is 20.1 Å². The first-order valence-electron chi connectivity index (χ1n) is 14.3. The van der Waals surface area contributed by atoms with Crippen LogP contribution in [0, 0.1) is 11.3 Å². The maximum absolute atomic E-state index is 13.5. The van der Waals surface area contributed by atoms with Gasteiger partial charge in [-0.2, -0.15) is 15.2 Å². The van der Waals surface area contributed by atoms with Gasteiger partial charge in [-0.15, -0.1) is 0 Å². The van der Waals surface area contributed by atoms with Gasteiger partial charge in [-0.05, 0) is 64.6 Å². The molecule has 3 heterocycles. The number of amides is 1. The Labute approximate surface area is 236 Å². The van der Waals surface area contributed by atoms with Crippen LogP contribution in [0.15, 0.2) is 30.6 Å². The Kier molecular flexibility index (Phi) is 8.89. The van der Waals surface area contributed by atoms with Gasteiger partial charge in [0, 0.05) is 44.8 Å². The van der Waals surface area contributed by atoms with Gasteiger partial charge in [0.25, 0.3) is 5.91 Å². The molecular formula is C29H40N10O. The Morgan fingerprint density at radius 2 is 1.82 bits per heavy atom. The molecule has 0 spiro atoms. The fraction of sp³-hybridized carbons (Fsp3) is 0.552. The van der Waals surface area contributed by atoms with Gasteiger partial charge in [0.15, 0.2) is 17.0 Å². The number of imidazole rings is 1. The average Bonchev–Trinajstić information content (AvgIpc) is 3.63. The Morgan fingerprint density at radius 3 is 2.50 bits per heavy atom. The van der Waals surface area contributed by atoms with Crippen LogP contribution in [-0.2, 0) is 13.1 Å². The predicted octanol–water partition coefficient (Wildman–Crippen LogP) is 2.49. The van der Waals surface area contributed by atoms with Gasteiger partial charge < -0.3 is 14.4 Å². The minimum Gasteiger partial charge on any atom is -0.315 e. The highest BCUT2D eigenvalue weighted by Gasteiger charge is 2.29. The van der Waals surface area contributed by atoms with Crippen LogP contribution in [0.25, 0.3) is 11.2 Å². The smallest absolute Gasteiger partial charge is 0.269 e. The third-order valence-corrected chi connectivity index (χ3v) is 7.91. The topological polar surface area (TPSA) is 109 Å². The molecule has 1 N–H and O–H groups in total. The first-order chi connectivity index (χ1) is 19.4. The number of piperazine rings is 1. The summed E-state index contributed by atoms with van der Waals surface area (Å²) in [4.78, 5) is 34.1. The van der Waals surface area contributed by atoms with E-state index in [1.807, 2.05) is 47.9 Å². The van der Waals surface area contributed by atoms with E-state index in [0.29, 0.717) is 22.5 Å². The van der Waals surface area contributed by atoms with Crippen molar-refractivity contribution in [3.05, 3.63) is 47.5 Å². The standard InChI is InChI=1S/C29H40N10O/c1-35(2)13-6-14-38-21-31-26-27(38)32-25(19-30)33-28(26)39(24-7-4-5-8-24)34-29(40)23-11-9-22(10-12-23)20-37-17-15-36(3)16-18-37/h9-12,21,24H,4-8,13-18,20H2,1-3H3,(H,34,40). The monoisotopic (exact) mass is 544 g/mol. The highest BCUT2D eigenvalue weighted by Crippen LogP contribution is 2.30. The number of nitriles is 1. The molecule has 11 nitrogen and oxygen atoms in total. The highest BCUT2D eigenvalue weighted by molar-refractivity contribution is 5.96. The molecule has 0 radical (unpaired) electrons. The van der Waals surface area contributed by atoms with Gasteiger partial charge in [-0.1, -0.05) is 25.0 Å². The number of likely N-dealkylation sites (N-methyl/N-ethyl adjacent to an activating group) is 1. The quantitative estimate of drug-likeness (QED) is 0.385. The molecule has 1 aliphatic carbocycles. The van der Waals surface area contributed by atoms with E-state index in [2.05, 4.69) is 48.2 Å². The van der Waals surface area contributed by atoms with Crippen LogP contribution in [0.3, 0.4) is 0 Å². The van der Waals surface area contributed by atoms with Crippen molar-refractivity contribution in [2.75, 3.05) is 58.9 Å². The van der Waals surface area contributed by atoms with Crippen molar-refractivity contribution in [2.24, 2.45) is 0 Å². The number of carbonyl (C=O) groups excluding carboxylic acids is 1. The van der Waals surface area contributed by atoms with Gasteiger partial charge >= 0.3 is 0 Å². The Bertz CT molecular complexity index is 1330. The lowest BCUT2D eigenvalue weighted by molar-refractivity contribution is 0.0944. The fourth-order valence-electron chi connectivity index (χ4n) is 5.55. The summed E-state index contributed by atoms with van der Waals surface area (Å²) in [6, 6.07) is 10.0. The SMILES string of the molecule is CN(C)CCCn1cnc2c(N(NC(=O)c3ccc(CN4CCN(C)CC4)cc3)C3CCCC3)nc(C#N)nc21. The first-order valence-corrected chi connectivity index (χ1v) is 14.3. The van der Waals surface area contributed by atoms with E-state index >= 15 is 0 Å². The lowest BCUT2D eigenvalue weighted by Crippen LogP contribution is -2.48. The molecule has 1 aromatic carbocycles.